The van der Waals surface area contributed by atoms with E-state index in [1.807, 2.05) is 13.0 Å². The SMILES string of the molecule is CCC(CC#N)S(=O)(=O)CC1CCCC1. The third-order valence-corrected chi connectivity index (χ3v) is 5.68. The summed E-state index contributed by atoms with van der Waals surface area (Å²) in [5.74, 6) is 0.649. The highest BCUT2D eigenvalue weighted by atomic mass is 32.2. The molecule has 0 aromatic heterocycles. The van der Waals surface area contributed by atoms with Crippen molar-refractivity contribution in [2.75, 3.05) is 5.75 Å². The van der Waals surface area contributed by atoms with E-state index >= 15 is 0 Å². The lowest BCUT2D eigenvalue weighted by Gasteiger charge is -2.15. The first-order chi connectivity index (χ1) is 7.10. The van der Waals surface area contributed by atoms with Gasteiger partial charge in [-0.2, -0.15) is 5.26 Å². The lowest BCUT2D eigenvalue weighted by molar-refractivity contribution is 0.544. The fourth-order valence-corrected chi connectivity index (χ4v) is 4.37. The van der Waals surface area contributed by atoms with Crippen LogP contribution in [0.5, 0.6) is 0 Å². The first-order valence-corrected chi connectivity index (χ1v) is 7.40. The minimum atomic E-state index is -3.04. The van der Waals surface area contributed by atoms with Gasteiger partial charge in [0.15, 0.2) is 9.84 Å². The predicted molar refractivity (Wildman–Crippen MR) is 60.1 cm³/mol. The number of rotatable bonds is 5. The van der Waals surface area contributed by atoms with E-state index in [9.17, 15) is 8.42 Å². The molecule has 4 heteroatoms. The molecule has 0 amide bonds. The summed E-state index contributed by atoms with van der Waals surface area (Å²) in [6.45, 7) is 1.84. The first kappa shape index (κ1) is 12.5. The monoisotopic (exact) mass is 229 g/mol. The molecule has 1 aliphatic carbocycles. The van der Waals surface area contributed by atoms with Crippen LogP contribution >= 0.6 is 0 Å². The Labute approximate surface area is 92.4 Å². The molecule has 1 unspecified atom stereocenters. The van der Waals surface area contributed by atoms with Crippen molar-refractivity contribution in [1.82, 2.24) is 0 Å². The second-order valence-electron chi connectivity index (χ2n) is 4.37. The summed E-state index contributed by atoms with van der Waals surface area (Å²) in [5, 5.41) is 8.14. The lowest BCUT2D eigenvalue weighted by atomic mass is 10.1. The molecule has 1 aliphatic rings. The van der Waals surface area contributed by atoms with Crippen molar-refractivity contribution >= 4 is 9.84 Å². The fraction of sp³-hybridized carbons (Fsp3) is 0.909. The second-order valence-corrected chi connectivity index (χ2v) is 6.70. The van der Waals surface area contributed by atoms with Gasteiger partial charge in [0.2, 0.25) is 0 Å². The van der Waals surface area contributed by atoms with Crippen LogP contribution in [-0.4, -0.2) is 19.4 Å². The molecule has 15 heavy (non-hydrogen) atoms. The summed E-state index contributed by atoms with van der Waals surface area (Å²) < 4.78 is 23.9. The van der Waals surface area contributed by atoms with Crippen molar-refractivity contribution in [1.29, 1.82) is 5.26 Å². The van der Waals surface area contributed by atoms with Crippen LogP contribution in [0.1, 0.15) is 45.4 Å². The highest BCUT2D eigenvalue weighted by molar-refractivity contribution is 7.92. The van der Waals surface area contributed by atoms with Gasteiger partial charge < -0.3 is 0 Å². The summed E-state index contributed by atoms with van der Waals surface area (Å²) in [7, 11) is -3.04. The van der Waals surface area contributed by atoms with Crippen molar-refractivity contribution in [3.63, 3.8) is 0 Å². The number of nitriles is 1. The maximum Gasteiger partial charge on any atom is 0.154 e. The minimum absolute atomic E-state index is 0.144. The molecule has 0 bridgehead atoms. The Hall–Kier alpha value is -0.560. The van der Waals surface area contributed by atoms with E-state index in [-0.39, 0.29) is 6.42 Å². The Kier molecular flexibility index (Phi) is 4.59. The Balaban J connectivity index is 2.60. The molecule has 0 spiro atoms. The van der Waals surface area contributed by atoms with Gasteiger partial charge in [-0.05, 0) is 25.2 Å². The maximum absolute atomic E-state index is 12.0. The molecule has 1 fully saturated rings. The Bertz CT molecular complexity index is 323. The van der Waals surface area contributed by atoms with Crippen LogP contribution in [0.4, 0.5) is 0 Å². The van der Waals surface area contributed by atoms with E-state index in [0.29, 0.717) is 18.1 Å². The fourth-order valence-electron chi connectivity index (χ4n) is 2.27. The molecule has 1 rings (SSSR count). The lowest BCUT2D eigenvalue weighted by Crippen LogP contribution is -2.26. The van der Waals surface area contributed by atoms with Crippen molar-refractivity contribution in [3.05, 3.63) is 0 Å². The molecule has 0 heterocycles. The van der Waals surface area contributed by atoms with Crippen LogP contribution in [0.25, 0.3) is 0 Å². The molecule has 1 saturated carbocycles. The van der Waals surface area contributed by atoms with Crippen LogP contribution in [0.15, 0.2) is 0 Å². The molecule has 0 aromatic carbocycles. The van der Waals surface area contributed by atoms with Gasteiger partial charge in [-0.15, -0.1) is 0 Å². The Morgan fingerprint density at radius 3 is 2.47 bits per heavy atom. The molecular formula is C11H19NO2S. The van der Waals surface area contributed by atoms with Crippen molar-refractivity contribution in [3.8, 4) is 6.07 Å². The standard InChI is InChI=1S/C11H19NO2S/c1-2-11(7-8-12)15(13,14)9-10-5-3-4-6-10/h10-11H,2-7,9H2,1H3. The quantitative estimate of drug-likeness (QED) is 0.726. The molecule has 3 nitrogen and oxygen atoms in total. The Morgan fingerprint density at radius 1 is 1.40 bits per heavy atom. The second kappa shape index (κ2) is 5.50. The van der Waals surface area contributed by atoms with Crippen LogP contribution in [-0.2, 0) is 9.84 Å². The molecular weight excluding hydrogens is 210 g/mol. The third kappa shape index (κ3) is 3.49. The van der Waals surface area contributed by atoms with E-state index in [0.717, 1.165) is 25.7 Å². The first-order valence-electron chi connectivity index (χ1n) is 5.68. The van der Waals surface area contributed by atoms with E-state index in [1.165, 1.54) is 0 Å². The summed E-state index contributed by atoms with van der Waals surface area (Å²) in [5.41, 5.74) is 0. The van der Waals surface area contributed by atoms with Crippen molar-refractivity contribution in [2.45, 2.75) is 50.7 Å². The molecule has 86 valence electrons. The molecule has 0 aromatic rings. The van der Waals surface area contributed by atoms with Crippen LogP contribution in [0.3, 0.4) is 0 Å². The maximum atomic E-state index is 12.0. The third-order valence-electron chi connectivity index (χ3n) is 3.22. The largest absolute Gasteiger partial charge is 0.229 e. The Morgan fingerprint density at radius 2 is 2.00 bits per heavy atom. The van der Waals surface area contributed by atoms with Crippen LogP contribution in [0, 0.1) is 17.2 Å². The number of hydrogen-bond donors (Lipinski definition) is 0. The summed E-state index contributed by atoms with van der Waals surface area (Å²) in [6.07, 6.45) is 5.11. The highest BCUT2D eigenvalue weighted by Crippen LogP contribution is 2.27. The average Bonchev–Trinajstić information content (AvgIpc) is 2.65. The number of sulfone groups is 1. The molecule has 0 radical (unpaired) electrons. The molecule has 0 saturated heterocycles. The van der Waals surface area contributed by atoms with E-state index in [2.05, 4.69) is 0 Å². The zero-order chi connectivity index (χ0) is 11.3. The zero-order valence-electron chi connectivity index (χ0n) is 9.28. The van der Waals surface area contributed by atoms with Gasteiger partial charge in [-0.3, -0.25) is 0 Å². The molecule has 0 N–H and O–H groups in total. The molecule has 1 atom stereocenters. The summed E-state index contributed by atoms with van der Waals surface area (Å²) in [6, 6.07) is 1.97. The van der Waals surface area contributed by atoms with E-state index in [1.54, 1.807) is 0 Å². The van der Waals surface area contributed by atoms with Gasteiger partial charge in [0, 0.05) is 0 Å². The summed E-state index contributed by atoms with van der Waals surface area (Å²) >= 11 is 0. The zero-order valence-corrected chi connectivity index (χ0v) is 10.1. The average molecular weight is 229 g/mol. The number of nitrogens with zero attached hydrogens (tertiary/aromatic N) is 1. The highest BCUT2D eigenvalue weighted by Gasteiger charge is 2.28. The van der Waals surface area contributed by atoms with Gasteiger partial charge in [-0.1, -0.05) is 19.8 Å². The summed E-state index contributed by atoms with van der Waals surface area (Å²) in [4.78, 5) is 0. The van der Waals surface area contributed by atoms with Gasteiger partial charge in [0.1, 0.15) is 0 Å². The van der Waals surface area contributed by atoms with Crippen molar-refractivity contribution < 1.29 is 8.42 Å². The van der Waals surface area contributed by atoms with Gasteiger partial charge in [0.05, 0.1) is 23.5 Å². The van der Waals surface area contributed by atoms with Gasteiger partial charge in [0.25, 0.3) is 0 Å². The van der Waals surface area contributed by atoms with E-state index < -0.39 is 15.1 Å². The topological polar surface area (TPSA) is 57.9 Å². The minimum Gasteiger partial charge on any atom is -0.229 e. The van der Waals surface area contributed by atoms with Crippen molar-refractivity contribution in [2.24, 2.45) is 5.92 Å². The van der Waals surface area contributed by atoms with Gasteiger partial charge in [-0.25, -0.2) is 8.42 Å². The van der Waals surface area contributed by atoms with Crippen LogP contribution < -0.4 is 0 Å². The number of hydrogen-bond acceptors (Lipinski definition) is 3. The molecule has 0 aliphatic heterocycles. The van der Waals surface area contributed by atoms with Gasteiger partial charge >= 0.3 is 0 Å². The van der Waals surface area contributed by atoms with E-state index in [4.69, 9.17) is 5.26 Å². The predicted octanol–water partition coefficient (Wildman–Crippen LogP) is 2.28. The smallest absolute Gasteiger partial charge is 0.154 e. The van der Waals surface area contributed by atoms with Crippen LogP contribution in [0.2, 0.25) is 0 Å². The normalized spacial score (nSPS) is 20.0.